The van der Waals surface area contributed by atoms with Gasteiger partial charge in [-0.25, -0.2) is 4.98 Å². The van der Waals surface area contributed by atoms with Crippen LogP contribution in [-0.2, 0) is 12.3 Å². The lowest BCUT2D eigenvalue weighted by molar-refractivity contribution is 0.171. The molecule has 0 N–H and O–H groups in total. The van der Waals surface area contributed by atoms with Crippen molar-refractivity contribution in [2.75, 3.05) is 13.2 Å². The number of para-hydroxylation sites is 1. The normalized spacial score (nSPS) is 13.0. The molecule has 0 atom stereocenters. The Hall–Kier alpha value is -3.72. The lowest BCUT2D eigenvalue weighted by Gasteiger charge is -2.19. The number of aryl methyl sites for hydroxylation is 1. The summed E-state index contributed by atoms with van der Waals surface area (Å²) >= 11 is 1.56. The third kappa shape index (κ3) is 3.62. The van der Waals surface area contributed by atoms with Gasteiger partial charge < -0.3 is 22.9 Å². The van der Waals surface area contributed by atoms with E-state index in [0.717, 1.165) is 51.0 Å². The van der Waals surface area contributed by atoms with Crippen molar-refractivity contribution in [3.8, 4) is 34.4 Å². The van der Waals surface area contributed by atoms with E-state index in [2.05, 4.69) is 26.7 Å². The van der Waals surface area contributed by atoms with Crippen molar-refractivity contribution in [2.45, 2.75) is 31.3 Å². The minimum atomic E-state index is 0.389. The molecular weight excluding hydrogens is 452 g/mol. The van der Waals surface area contributed by atoms with E-state index >= 15 is 0 Å². The quantitative estimate of drug-likeness (QED) is 0.288. The molecule has 0 amide bonds. The van der Waals surface area contributed by atoms with Crippen LogP contribution in [0.5, 0.6) is 11.5 Å². The Morgan fingerprint density at radius 3 is 2.71 bits per heavy atom. The van der Waals surface area contributed by atoms with Crippen molar-refractivity contribution in [1.82, 2.24) is 19.7 Å². The van der Waals surface area contributed by atoms with E-state index in [1.807, 2.05) is 55.6 Å². The molecule has 0 unspecified atom stereocenters. The largest absolute Gasteiger partial charge is 0.486 e. The number of nitrogens with zero attached hydrogens (tertiary/aromatic N) is 4. The molecule has 172 valence electrons. The Balaban J connectivity index is 1.22. The van der Waals surface area contributed by atoms with Crippen LogP contribution in [0.25, 0.3) is 33.9 Å². The number of aromatic nitrogens is 4. The van der Waals surface area contributed by atoms with Crippen molar-refractivity contribution in [2.24, 2.45) is 0 Å². The average Bonchev–Trinajstić information content (AvgIpc) is 3.59. The highest BCUT2D eigenvalue weighted by Gasteiger charge is 2.20. The van der Waals surface area contributed by atoms with Crippen molar-refractivity contribution in [1.29, 1.82) is 0 Å². The molecule has 9 heteroatoms. The molecule has 8 nitrogen and oxygen atoms in total. The molecule has 2 aromatic carbocycles. The monoisotopic (exact) mass is 474 g/mol. The Kier molecular flexibility index (Phi) is 5.26. The van der Waals surface area contributed by atoms with Crippen LogP contribution in [0, 0.1) is 6.92 Å². The fourth-order valence-electron chi connectivity index (χ4n) is 4.12. The lowest BCUT2D eigenvalue weighted by Crippen LogP contribution is -2.15. The molecule has 0 radical (unpaired) electrons. The smallest absolute Gasteiger partial charge is 0.284 e. The average molecular weight is 475 g/mol. The van der Waals surface area contributed by atoms with E-state index in [1.165, 1.54) is 0 Å². The first-order valence-corrected chi connectivity index (χ1v) is 12.1. The summed E-state index contributed by atoms with van der Waals surface area (Å²) in [5.74, 6) is 3.57. The summed E-state index contributed by atoms with van der Waals surface area (Å²) in [6, 6.07) is 13.9. The van der Waals surface area contributed by atoms with E-state index in [0.29, 0.717) is 36.5 Å². The number of ether oxygens (including phenoxy) is 2. The number of benzene rings is 2. The fourth-order valence-corrected chi connectivity index (χ4v) is 5.00. The van der Waals surface area contributed by atoms with Gasteiger partial charge in [-0.3, -0.25) is 0 Å². The molecule has 0 bridgehead atoms. The fraction of sp³-hybridized carbons (Fsp3) is 0.240. The summed E-state index contributed by atoms with van der Waals surface area (Å²) in [7, 11) is 0. The first kappa shape index (κ1) is 20.9. The van der Waals surface area contributed by atoms with Crippen molar-refractivity contribution >= 4 is 22.7 Å². The van der Waals surface area contributed by atoms with Crippen molar-refractivity contribution < 1.29 is 18.3 Å². The minimum Gasteiger partial charge on any atom is -0.486 e. The van der Waals surface area contributed by atoms with Crippen LogP contribution < -0.4 is 9.47 Å². The minimum absolute atomic E-state index is 0.389. The highest BCUT2D eigenvalue weighted by Crippen LogP contribution is 2.36. The second kappa shape index (κ2) is 8.57. The predicted octanol–water partition coefficient (Wildman–Crippen LogP) is 5.74. The molecule has 5 aromatic rings. The van der Waals surface area contributed by atoms with Gasteiger partial charge in [-0.1, -0.05) is 30.0 Å². The zero-order valence-electron chi connectivity index (χ0n) is 18.8. The van der Waals surface area contributed by atoms with Crippen LogP contribution in [-0.4, -0.2) is 33.0 Å². The molecular formula is C25H22N4O4S. The van der Waals surface area contributed by atoms with Gasteiger partial charge in [0.05, 0.1) is 17.6 Å². The highest BCUT2D eigenvalue weighted by molar-refractivity contribution is 7.98. The third-order valence-corrected chi connectivity index (χ3v) is 6.78. The van der Waals surface area contributed by atoms with Crippen molar-refractivity contribution in [3.05, 3.63) is 60.1 Å². The van der Waals surface area contributed by atoms with Gasteiger partial charge in [-0.15, -0.1) is 10.2 Å². The van der Waals surface area contributed by atoms with Crippen molar-refractivity contribution in [3.63, 3.8) is 0 Å². The van der Waals surface area contributed by atoms with Gasteiger partial charge in [0.15, 0.2) is 22.4 Å². The molecule has 34 heavy (non-hydrogen) atoms. The molecule has 1 aliphatic rings. The van der Waals surface area contributed by atoms with E-state index in [4.69, 9.17) is 18.3 Å². The molecule has 4 heterocycles. The van der Waals surface area contributed by atoms with E-state index in [9.17, 15) is 0 Å². The third-order valence-electron chi connectivity index (χ3n) is 5.80. The predicted molar refractivity (Wildman–Crippen MR) is 128 cm³/mol. The molecule has 0 saturated carbocycles. The van der Waals surface area contributed by atoms with Gasteiger partial charge in [-0.2, -0.15) is 0 Å². The maximum Gasteiger partial charge on any atom is 0.284 e. The first-order chi connectivity index (χ1) is 16.7. The number of fused-ring (bicyclic) bond motifs is 2. The number of hydrogen-bond acceptors (Lipinski definition) is 8. The Bertz CT molecular complexity index is 1490. The second-order valence-corrected chi connectivity index (χ2v) is 8.81. The maximum absolute atomic E-state index is 5.95. The highest BCUT2D eigenvalue weighted by atomic mass is 32.2. The Morgan fingerprint density at radius 1 is 1.00 bits per heavy atom. The van der Waals surface area contributed by atoms with Gasteiger partial charge in [0, 0.05) is 23.1 Å². The zero-order chi connectivity index (χ0) is 23.1. The summed E-state index contributed by atoms with van der Waals surface area (Å²) in [5.41, 5.74) is 3.85. The van der Waals surface area contributed by atoms with Gasteiger partial charge >= 0.3 is 0 Å². The number of hydrogen-bond donors (Lipinski definition) is 0. The molecule has 0 spiro atoms. The lowest BCUT2D eigenvalue weighted by atomic mass is 10.1. The van der Waals surface area contributed by atoms with Crippen LogP contribution in [0.2, 0.25) is 0 Å². The van der Waals surface area contributed by atoms with Gasteiger partial charge in [0.1, 0.15) is 18.8 Å². The summed E-state index contributed by atoms with van der Waals surface area (Å²) in [4.78, 5) is 4.64. The Labute approximate surface area is 199 Å². The number of thioether (sulfide) groups is 1. The summed E-state index contributed by atoms with van der Waals surface area (Å²) < 4.78 is 25.4. The first-order valence-electron chi connectivity index (χ1n) is 11.1. The summed E-state index contributed by atoms with van der Waals surface area (Å²) in [6.45, 7) is 6.01. The van der Waals surface area contributed by atoms with Crippen LogP contribution in [0.1, 0.15) is 18.4 Å². The topological polar surface area (TPSA) is 88.3 Å². The Morgan fingerprint density at radius 2 is 1.85 bits per heavy atom. The van der Waals surface area contributed by atoms with Gasteiger partial charge in [-0.05, 0) is 38.1 Å². The molecule has 0 saturated heterocycles. The number of rotatable bonds is 6. The van der Waals surface area contributed by atoms with E-state index in [-0.39, 0.29) is 0 Å². The van der Waals surface area contributed by atoms with Gasteiger partial charge in [0.25, 0.3) is 5.89 Å². The van der Waals surface area contributed by atoms with Crippen LogP contribution >= 0.6 is 11.8 Å². The van der Waals surface area contributed by atoms with Crippen LogP contribution in [0.4, 0.5) is 0 Å². The van der Waals surface area contributed by atoms with Crippen LogP contribution in [0.3, 0.4) is 0 Å². The number of imidazole rings is 1. The molecule has 6 rings (SSSR count). The number of furan rings is 1. The van der Waals surface area contributed by atoms with Gasteiger partial charge in [0.2, 0.25) is 5.89 Å². The maximum atomic E-state index is 5.95. The second-order valence-electron chi connectivity index (χ2n) is 7.87. The SMILES string of the molecule is CCn1c(-c2ccc3c(c2)OCCO3)cnc1SCc1nnc(-c2oc3ccccc3c2C)o1. The van der Waals surface area contributed by atoms with Crippen LogP contribution in [0.15, 0.2) is 62.7 Å². The standard InChI is InChI=1S/C25H22N4O4S/c1-3-29-18(16-8-9-20-21(12-16)31-11-10-30-20)13-26-25(29)34-14-22-27-28-24(33-22)23-15(2)17-6-4-5-7-19(17)32-23/h4-9,12-13H,3,10-11,14H2,1-2H3. The molecule has 0 fully saturated rings. The van der Waals surface area contributed by atoms with E-state index < -0.39 is 0 Å². The zero-order valence-corrected chi connectivity index (χ0v) is 19.6. The summed E-state index contributed by atoms with van der Waals surface area (Å²) in [5, 5.41) is 10.4. The summed E-state index contributed by atoms with van der Waals surface area (Å²) in [6.07, 6.45) is 1.88. The molecule has 0 aliphatic carbocycles. The molecule has 3 aromatic heterocycles. The van der Waals surface area contributed by atoms with E-state index in [1.54, 1.807) is 11.8 Å². The molecule has 1 aliphatic heterocycles.